The Balaban J connectivity index is 1.53. The third-order valence-electron chi connectivity index (χ3n) is 5.62. The van der Waals surface area contributed by atoms with E-state index >= 15 is 0 Å². The van der Waals surface area contributed by atoms with Gasteiger partial charge in [0.2, 0.25) is 5.95 Å². The molecule has 0 aliphatic carbocycles. The number of aliphatic hydroxyl groups excluding tert-OH is 1. The van der Waals surface area contributed by atoms with Crippen molar-refractivity contribution in [2.45, 2.75) is 64.2 Å². The zero-order chi connectivity index (χ0) is 23.9. The average molecular weight is 457 g/mol. The Bertz CT molecular complexity index is 1120. The first-order valence-corrected chi connectivity index (χ1v) is 10.9. The molecule has 0 saturated carbocycles. The van der Waals surface area contributed by atoms with Crippen molar-refractivity contribution in [2.24, 2.45) is 0 Å². The number of amides is 1. The Labute approximate surface area is 190 Å². The standard InChI is InChI=1S/C22H28N6O5/c1-12-7-16(20(32)33-22(2,3)4)28-17(12)23-10-15(19(28)31)26-18(30)13-8-24-21(25-9-13)27-6-5-14(29)11-27/h8-10,12,14,16,29H,5-7,11H2,1-4H3,(H,26,30)/t12-,14-,16+/m1/s1. The van der Waals surface area contributed by atoms with E-state index in [1.54, 1.807) is 20.8 Å². The molecule has 0 spiro atoms. The van der Waals surface area contributed by atoms with Crippen LogP contribution in [0.3, 0.4) is 0 Å². The van der Waals surface area contributed by atoms with Crippen LogP contribution in [0.4, 0.5) is 11.6 Å². The van der Waals surface area contributed by atoms with Crippen LogP contribution in [0.5, 0.6) is 0 Å². The fraction of sp³-hybridized carbons (Fsp3) is 0.545. The van der Waals surface area contributed by atoms with Crippen molar-refractivity contribution in [3.8, 4) is 0 Å². The van der Waals surface area contributed by atoms with Crippen LogP contribution in [-0.2, 0) is 9.53 Å². The lowest BCUT2D eigenvalue weighted by Gasteiger charge is -2.23. The van der Waals surface area contributed by atoms with E-state index in [9.17, 15) is 19.5 Å². The van der Waals surface area contributed by atoms with Crippen molar-refractivity contribution < 1.29 is 19.4 Å². The summed E-state index contributed by atoms with van der Waals surface area (Å²) in [5.41, 5.74) is -1.08. The first-order valence-electron chi connectivity index (χ1n) is 10.9. The molecule has 0 unspecified atom stereocenters. The lowest BCUT2D eigenvalue weighted by atomic mass is 10.1. The van der Waals surface area contributed by atoms with Gasteiger partial charge in [-0.05, 0) is 33.6 Å². The van der Waals surface area contributed by atoms with E-state index in [1.165, 1.54) is 23.2 Å². The zero-order valence-corrected chi connectivity index (χ0v) is 19.1. The van der Waals surface area contributed by atoms with E-state index < -0.39 is 35.2 Å². The monoisotopic (exact) mass is 456 g/mol. The predicted molar refractivity (Wildman–Crippen MR) is 119 cm³/mol. The molecule has 2 aliphatic rings. The van der Waals surface area contributed by atoms with E-state index in [0.29, 0.717) is 37.7 Å². The summed E-state index contributed by atoms with van der Waals surface area (Å²) in [4.78, 5) is 53.1. The van der Waals surface area contributed by atoms with Gasteiger partial charge in [-0.15, -0.1) is 0 Å². The number of aliphatic hydroxyl groups is 1. The third kappa shape index (κ3) is 4.72. The highest BCUT2D eigenvalue weighted by Gasteiger charge is 2.38. The summed E-state index contributed by atoms with van der Waals surface area (Å²) in [7, 11) is 0. The van der Waals surface area contributed by atoms with Crippen LogP contribution < -0.4 is 15.8 Å². The van der Waals surface area contributed by atoms with E-state index in [0.717, 1.165) is 0 Å². The van der Waals surface area contributed by atoms with Gasteiger partial charge in [0, 0.05) is 31.4 Å². The summed E-state index contributed by atoms with van der Waals surface area (Å²) >= 11 is 0. The third-order valence-corrected chi connectivity index (χ3v) is 5.62. The maximum Gasteiger partial charge on any atom is 0.329 e. The number of rotatable bonds is 4. The Kier molecular flexibility index (Phi) is 5.91. The van der Waals surface area contributed by atoms with Crippen molar-refractivity contribution in [2.75, 3.05) is 23.3 Å². The predicted octanol–water partition coefficient (Wildman–Crippen LogP) is 1.25. The Morgan fingerprint density at radius 2 is 1.88 bits per heavy atom. The van der Waals surface area contributed by atoms with Gasteiger partial charge in [0.25, 0.3) is 11.5 Å². The first kappa shape index (κ1) is 22.8. The zero-order valence-electron chi connectivity index (χ0n) is 19.1. The quantitative estimate of drug-likeness (QED) is 0.651. The largest absolute Gasteiger partial charge is 0.458 e. The van der Waals surface area contributed by atoms with E-state index in [4.69, 9.17) is 4.74 Å². The van der Waals surface area contributed by atoms with Crippen LogP contribution in [0.25, 0.3) is 0 Å². The van der Waals surface area contributed by atoms with Gasteiger partial charge in [-0.2, -0.15) is 0 Å². The molecule has 2 N–H and O–H groups in total. The molecule has 1 fully saturated rings. The number of aromatic nitrogens is 4. The van der Waals surface area contributed by atoms with Crippen molar-refractivity contribution in [1.82, 2.24) is 19.5 Å². The number of hydrogen-bond acceptors (Lipinski definition) is 9. The Hall–Kier alpha value is -3.34. The number of ether oxygens (including phenoxy) is 1. The summed E-state index contributed by atoms with van der Waals surface area (Å²) in [6.45, 7) is 8.27. The van der Waals surface area contributed by atoms with Gasteiger partial charge < -0.3 is 20.1 Å². The second-order valence-electron chi connectivity index (χ2n) is 9.51. The molecule has 2 aromatic rings. The molecule has 4 rings (SSSR count). The lowest BCUT2D eigenvalue weighted by Crippen LogP contribution is -2.35. The summed E-state index contributed by atoms with van der Waals surface area (Å²) in [6, 6.07) is -0.801. The fourth-order valence-electron chi connectivity index (χ4n) is 4.07. The number of β-amino-alcohol motifs (C(OH)–C–C–N with tert-alkyl or cyclic N) is 1. The molecule has 2 aromatic heterocycles. The number of nitrogens with zero attached hydrogens (tertiary/aromatic N) is 5. The molecule has 176 valence electrons. The van der Waals surface area contributed by atoms with Gasteiger partial charge in [0.15, 0.2) is 0 Å². The minimum absolute atomic E-state index is 0.0434. The molecule has 2 aliphatic heterocycles. The van der Waals surface area contributed by atoms with Gasteiger partial charge in [0.1, 0.15) is 23.2 Å². The SMILES string of the molecule is C[C@@H]1C[C@@H](C(=O)OC(C)(C)C)n2c1ncc(NC(=O)c1cnc(N3CC[C@@H](O)C3)nc1)c2=O. The van der Waals surface area contributed by atoms with Crippen LogP contribution in [0, 0.1) is 0 Å². The second kappa shape index (κ2) is 8.54. The number of anilines is 2. The number of hydrogen-bond donors (Lipinski definition) is 2. The van der Waals surface area contributed by atoms with E-state index in [1.807, 2.05) is 11.8 Å². The molecular formula is C22H28N6O5. The van der Waals surface area contributed by atoms with Gasteiger partial charge >= 0.3 is 5.97 Å². The molecule has 0 radical (unpaired) electrons. The van der Waals surface area contributed by atoms with E-state index in [-0.39, 0.29) is 17.2 Å². The minimum atomic E-state index is -0.801. The lowest BCUT2D eigenvalue weighted by molar-refractivity contribution is -0.159. The van der Waals surface area contributed by atoms with Gasteiger partial charge in [-0.1, -0.05) is 6.92 Å². The van der Waals surface area contributed by atoms with Crippen LogP contribution in [0.15, 0.2) is 23.4 Å². The first-order chi connectivity index (χ1) is 15.5. The molecular weight excluding hydrogens is 428 g/mol. The highest BCUT2D eigenvalue weighted by atomic mass is 16.6. The topological polar surface area (TPSA) is 140 Å². The average Bonchev–Trinajstić information content (AvgIpc) is 3.33. The Morgan fingerprint density at radius 1 is 1.18 bits per heavy atom. The fourth-order valence-corrected chi connectivity index (χ4v) is 4.07. The molecule has 1 amide bonds. The molecule has 11 nitrogen and oxygen atoms in total. The van der Waals surface area contributed by atoms with Crippen LogP contribution in [-0.4, -0.2) is 61.3 Å². The van der Waals surface area contributed by atoms with Crippen LogP contribution >= 0.6 is 0 Å². The summed E-state index contributed by atoms with van der Waals surface area (Å²) < 4.78 is 6.79. The van der Waals surface area contributed by atoms with Crippen LogP contribution in [0.1, 0.15) is 68.7 Å². The van der Waals surface area contributed by atoms with Crippen molar-refractivity contribution in [1.29, 1.82) is 0 Å². The highest BCUT2D eigenvalue weighted by Crippen LogP contribution is 2.34. The summed E-state index contributed by atoms with van der Waals surface area (Å²) in [6.07, 6.45) is 4.67. The van der Waals surface area contributed by atoms with Crippen molar-refractivity contribution in [3.05, 3.63) is 40.3 Å². The Morgan fingerprint density at radius 3 is 2.48 bits per heavy atom. The molecule has 1 saturated heterocycles. The molecule has 11 heteroatoms. The molecule has 0 aromatic carbocycles. The van der Waals surface area contributed by atoms with Gasteiger partial charge in [0.05, 0.1) is 17.9 Å². The molecule has 0 bridgehead atoms. The number of nitrogens with one attached hydrogen (secondary N) is 1. The van der Waals surface area contributed by atoms with Crippen molar-refractivity contribution in [3.63, 3.8) is 0 Å². The van der Waals surface area contributed by atoms with Crippen LogP contribution in [0.2, 0.25) is 0 Å². The molecule has 33 heavy (non-hydrogen) atoms. The van der Waals surface area contributed by atoms with Crippen molar-refractivity contribution >= 4 is 23.5 Å². The summed E-state index contributed by atoms with van der Waals surface area (Å²) in [5, 5.41) is 12.2. The number of carbonyl (C=O) groups excluding carboxylic acids is 2. The maximum atomic E-state index is 13.2. The summed E-state index contributed by atoms with van der Waals surface area (Å²) in [5.74, 6) is -0.269. The highest BCUT2D eigenvalue weighted by molar-refractivity contribution is 6.03. The maximum absolute atomic E-state index is 13.2. The molecule has 3 atom stereocenters. The second-order valence-corrected chi connectivity index (χ2v) is 9.51. The van der Waals surface area contributed by atoms with Gasteiger partial charge in [-0.3, -0.25) is 14.2 Å². The smallest absolute Gasteiger partial charge is 0.329 e. The van der Waals surface area contributed by atoms with E-state index in [2.05, 4.69) is 20.3 Å². The number of fused-ring (bicyclic) bond motifs is 1. The normalized spacial score (nSPS) is 22.2. The molecule has 4 heterocycles. The minimum Gasteiger partial charge on any atom is -0.458 e. The number of esters is 1. The van der Waals surface area contributed by atoms with Gasteiger partial charge in [-0.25, -0.2) is 19.7 Å². The number of carbonyl (C=O) groups is 2.